The Hall–Kier alpha value is 1.30. The molecule has 0 unspecified atom stereocenters. The van der Waals surface area contributed by atoms with E-state index in [2.05, 4.69) is 51.2 Å². The molecular weight excluding hydrogens is 314 g/mol. The van der Waals surface area contributed by atoms with E-state index < -0.39 is 7.92 Å². The van der Waals surface area contributed by atoms with Gasteiger partial charge in [-0.05, 0) is 41.5 Å². The molecule has 0 rings (SSSR count). The number of hydrogen-bond acceptors (Lipinski definition) is 0. The minimum atomic E-state index is -0.414. The van der Waals surface area contributed by atoms with Gasteiger partial charge >= 0.3 is 27.0 Å². The zero-order valence-electron chi connectivity index (χ0n) is 11.1. The van der Waals surface area contributed by atoms with Gasteiger partial charge in [0.2, 0.25) is 0 Å². The first-order valence-corrected chi connectivity index (χ1v) is 8.79. The summed E-state index contributed by atoms with van der Waals surface area (Å²) < 4.78 is 0. The number of hydrogen-bond donors (Lipinski definition) is 0. The van der Waals surface area contributed by atoms with Crippen LogP contribution in [-0.2, 0) is 17.3 Å². The molecule has 4 heteroatoms. The van der Waals surface area contributed by atoms with Gasteiger partial charge in [-0.3, -0.25) is 0 Å². The molecule has 0 saturated carbocycles. The molecule has 0 radical (unpaired) electrons. The van der Waals surface area contributed by atoms with Crippen LogP contribution in [0.25, 0.3) is 5.73 Å². The van der Waals surface area contributed by atoms with Gasteiger partial charge in [0.1, 0.15) is 0 Å². The maximum absolute atomic E-state index is 7.32. The van der Waals surface area contributed by atoms with Gasteiger partial charge < -0.3 is 13.2 Å². The van der Waals surface area contributed by atoms with Gasteiger partial charge in [0.25, 0.3) is 0 Å². The summed E-state index contributed by atoms with van der Waals surface area (Å²) in [7, 11) is 4.15. The van der Waals surface area contributed by atoms with E-state index in [-0.39, 0.29) is 7.43 Å². The maximum atomic E-state index is 7.32. The summed E-state index contributed by atoms with van der Waals surface area (Å²) in [5.41, 5.74) is 7.32. The van der Waals surface area contributed by atoms with Gasteiger partial charge in [0, 0.05) is 14.1 Å². The van der Waals surface area contributed by atoms with Gasteiger partial charge in [-0.1, -0.05) is 0 Å². The molecule has 0 aliphatic heterocycles. The van der Waals surface area contributed by atoms with Crippen LogP contribution in [0.2, 0.25) is 0 Å². The summed E-state index contributed by atoms with van der Waals surface area (Å²) in [5.74, 6) is 0. The van der Waals surface area contributed by atoms with Crippen LogP contribution in [0, 0.1) is 7.43 Å². The second-order valence-electron chi connectivity index (χ2n) is 5.48. The molecule has 0 aromatic carbocycles. The van der Waals surface area contributed by atoms with Crippen LogP contribution >= 0.6 is 17.6 Å². The molecule has 0 saturated heterocycles. The second kappa shape index (κ2) is 9.35. The van der Waals surface area contributed by atoms with Gasteiger partial charge in [-0.2, -0.15) is 0 Å². The molecule has 0 atom stereocenters. The molecule has 0 aliphatic rings. The molecular formula is C11H27ClNPRu+2. The molecule has 94 valence electrons. The quantitative estimate of drug-likeness (QED) is 0.384. The van der Waals surface area contributed by atoms with Crippen molar-refractivity contribution in [1.29, 1.82) is 0 Å². The first-order chi connectivity index (χ1) is 6.19. The van der Waals surface area contributed by atoms with Crippen molar-refractivity contribution in [3.63, 3.8) is 0 Å². The van der Waals surface area contributed by atoms with Crippen molar-refractivity contribution in [3.05, 3.63) is 13.2 Å². The molecule has 0 aliphatic carbocycles. The summed E-state index contributed by atoms with van der Waals surface area (Å²) in [6, 6.07) is 0. The predicted molar refractivity (Wildman–Crippen MR) is 74.1 cm³/mol. The Bertz CT molecular complexity index is 127. The van der Waals surface area contributed by atoms with Crippen molar-refractivity contribution in [1.82, 2.24) is 0 Å². The molecule has 0 fully saturated rings. The number of halogens is 1. The van der Waals surface area contributed by atoms with Crippen LogP contribution in [0.1, 0.15) is 41.5 Å². The van der Waals surface area contributed by atoms with E-state index in [1.807, 2.05) is 17.3 Å². The van der Waals surface area contributed by atoms with Crippen molar-refractivity contribution in [2.45, 2.75) is 51.9 Å². The fourth-order valence-corrected chi connectivity index (χ4v) is 6.00. The fourth-order valence-electron chi connectivity index (χ4n) is 2.00. The Morgan fingerprint density at radius 2 is 1.27 bits per heavy atom. The molecule has 0 aromatic rings. The third-order valence-electron chi connectivity index (χ3n) is 2.19. The van der Waals surface area contributed by atoms with Gasteiger partial charge in [0.05, 0.1) is 10.3 Å². The Balaban J connectivity index is -0.000000449. The topological polar surface area (TPSA) is 23.8 Å². The van der Waals surface area contributed by atoms with Crippen molar-refractivity contribution >= 4 is 17.6 Å². The Labute approximate surface area is 112 Å². The van der Waals surface area contributed by atoms with E-state index in [4.69, 9.17) is 5.73 Å². The molecule has 0 amide bonds. The third kappa shape index (κ3) is 10.2. The zero-order chi connectivity index (χ0) is 12.0. The summed E-state index contributed by atoms with van der Waals surface area (Å²) in [6.45, 7) is 14.5. The molecule has 0 bridgehead atoms. The standard InChI is InChI=1S/C10H23NP.CH3.ClH.Ru/c1-9(2,3)12(8-7-11)10(4,5)6;;;/h11H,7-8H2,1-6H3;1H3;1H;/q2*-1;;+4. The van der Waals surface area contributed by atoms with E-state index in [0.29, 0.717) is 16.9 Å². The molecule has 1 nitrogen and oxygen atoms in total. The van der Waals surface area contributed by atoms with Crippen LogP contribution in [0.5, 0.6) is 0 Å². The second-order valence-corrected chi connectivity index (χ2v) is 9.94. The summed E-state index contributed by atoms with van der Waals surface area (Å²) >= 11 is 1.82. The normalized spacial score (nSPS) is 11.5. The average Bonchev–Trinajstić information content (AvgIpc) is 2.00. The van der Waals surface area contributed by atoms with E-state index in [0.717, 1.165) is 6.16 Å². The SMILES string of the molecule is CC(C)(C)[PH+](CC[NH-])C(C)(C)C.[CH3-].[Cl][Ru+3]. The van der Waals surface area contributed by atoms with Crippen LogP contribution in [-0.4, -0.2) is 23.0 Å². The van der Waals surface area contributed by atoms with Gasteiger partial charge in [-0.15, -0.1) is 6.54 Å². The molecule has 0 aromatic heterocycles. The summed E-state index contributed by atoms with van der Waals surface area (Å²) in [5, 5.41) is 0.869. The Kier molecular flexibility index (Phi) is 13.4. The van der Waals surface area contributed by atoms with Crippen molar-refractivity contribution in [2.24, 2.45) is 0 Å². The first kappa shape index (κ1) is 21.6. The van der Waals surface area contributed by atoms with Gasteiger partial charge in [0.15, 0.2) is 0 Å². The van der Waals surface area contributed by atoms with E-state index in [1.54, 1.807) is 0 Å². The fraction of sp³-hybridized carbons (Fsp3) is 0.909. The number of nitrogens with one attached hydrogen (secondary N) is 1. The van der Waals surface area contributed by atoms with Crippen LogP contribution in [0.15, 0.2) is 0 Å². The zero-order valence-corrected chi connectivity index (χ0v) is 14.6. The van der Waals surface area contributed by atoms with Crippen LogP contribution in [0.4, 0.5) is 0 Å². The monoisotopic (exact) mass is 341 g/mol. The predicted octanol–water partition coefficient (Wildman–Crippen LogP) is 4.99. The van der Waals surface area contributed by atoms with Gasteiger partial charge in [-0.25, -0.2) is 0 Å². The Morgan fingerprint density at radius 3 is 1.33 bits per heavy atom. The van der Waals surface area contributed by atoms with Crippen molar-refractivity contribution in [3.8, 4) is 0 Å². The molecule has 0 heterocycles. The van der Waals surface area contributed by atoms with Crippen molar-refractivity contribution in [2.75, 3.05) is 12.7 Å². The Morgan fingerprint density at radius 1 is 1.00 bits per heavy atom. The van der Waals surface area contributed by atoms with E-state index in [1.165, 1.54) is 0 Å². The molecule has 0 spiro atoms. The number of rotatable bonds is 2. The minimum absolute atomic E-state index is 0. The summed E-state index contributed by atoms with van der Waals surface area (Å²) in [6.07, 6.45) is 1.12. The summed E-state index contributed by atoms with van der Waals surface area (Å²) in [4.78, 5) is 0. The van der Waals surface area contributed by atoms with E-state index in [9.17, 15) is 0 Å². The molecule has 1 N–H and O–H groups in total. The van der Waals surface area contributed by atoms with Crippen LogP contribution < -0.4 is 0 Å². The van der Waals surface area contributed by atoms with Crippen molar-refractivity contribution < 1.29 is 17.3 Å². The third-order valence-corrected chi connectivity index (χ3v) is 6.56. The first-order valence-electron chi connectivity index (χ1n) is 4.84. The average molecular weight is 341 g/mol. The molecule has 15 heavy (non-hydrogen) atoms. The van der Waals surface area contributed by atoms with E-state index >= 15 is 0 Å². The van der Waals surface area contributed by atoms with Crippen LogP contribution in [0.3, 0.4) is 0 Å².